The maximum absolute atomic E-state index is 12.4. The van der Waals surface area contributed by atoms with Crippen molar-refractivity contribution in [2.24, 2.45) is 0 Å². The third-order valence-corrected chi connectivity index (χ3v) is 3.96. The van der Waals surface area contributed by atoms with Gasteiger partial charge in [0.25, 0.3) is 5.91 Å². The molecule has 0 fully saturated rings. The van der Waals surface area contributed by atoms with Crippen LogP contribution in [0.3, 0.4) is 0 Å². The standard InChI is InChI=1S/C20H22N4O3/c1-3-27-17-7-5-4-6-16(17)20(25)21-13-12-18-22-19(24-23-18)14-8-10-15(26-2)11-9-14/h4-11H,3,12-13H2,1-2H3,(H,21,25)(H,22,23,24). The van der Waals surface area contributed by atoms with Gasteiger partial charge in [0.15, 0.2) is 5.82 Å². The molecule has 0 aliphatic carbocycles. The zero-order valence-electron chi connectivity index (χ0n) is 15.4. The number of rotatable bonds is 8. The smallest absolute Gasteiger partial charge is 0.255 e. The van der Waals surface area contributed by atoms with Crippen LogP contribution in [0.15, 0.2) is 48.5 Å². The number of aromatic amines is 1. The van der Waals surface area contributed by atoms with Crippen LogP contribution in [-0.4, -0.2) is 41.3 Å². The Morgan fingerprint density at radius 2 is 1.93 bits per heavy atom. The van der Waals surface area contributed by atoms with Crippen molar-refractivity contribution < 1.29 is 14.3 Å². The number of benzene rings is 2. The molecule has 3 aromatic rings. The van der Waals surface area contributed by atoms with Gasteiger partial charge in [0, 0.05) is 18.5 Å². The predicted molar refractivity (Wildman–Crippen MR) is 102 cm³/mol. The number of hydrogen-bond donors (Lipinski definition) is 2. The van der Waals surface area contributed by atoms with E-state index in [1.807, 2.05) is 43.3 Å². The van der Waals surface area contributed by atoms with E-state index in [9.17, 15) is 4.79 Å². The summed E-state index contributed by atoms with van der Waals surface area (Å²) in [7, 11) is 1.63. The van der Waals surface area contributed by atoms with E-state index in [1.165, 1.54) is 0 Å². The average Bonchev–Trinajstić information content (AvgIpc) is 3.17. The van der Waals surface area contributed by atoms with Gasteiger partial charge in [-0.2, -0.15) is 5.10 Å². The highest BCUT2D eigenvalue weighted by Crippen LogP contribution is 2.19. The van der Waals surface area contributed by atoms with E-state index >= 15 is 0 Å². The lowest BCUT2D eigenvalue weighted by Crippen LogP contribution is -2.26. The quantitative estimate of drug-likeness (QED) is 0.640. The van der Waals surface area contributed by atoms with E-state index in [-0.39, 0.29) is 5.91 Å². The lowest BCUT2D eigenvalue weighted by molar-refractivity contribution is 0.0950. The summed E-state index contributed by atoms with van der Waals surface area (Å²) < 4.78 is 10.6. The second kappa shape index (κ2) is 8.84. The molecule has 0 bridgehead atoms. The van der Waals surface area contributed by atoms with Gasteiger partial charge in [-0.1, -0.05) is 12.1 Å². The van der Waals surface area contributed by atoms with E-state index in [0.29, 0.717) is 42.5 Å². The van der Waals surface area contributed by atoms with Crippen LogP contribution >= 0.6 is 0 Å². The van der Waals surface area contributed by atoms with Crippen molar-refractivity contribution in [2.45, 2.75) is 13.3 Å². The van der Waals surface area contributed by atoms with Crippen LogP contribution in [0.5, 0.6) is 11.5 Å². The first-order valence-corrected chi connectivity index (χ1v) is 8.77. The van der Waals surface area contributed by atoms with E-state index in [0.717, 1.165) is 11.3 Å². The zero-order valence-corrected chi connectivity index (χ0v) is 15.4. The molecular weight excluding hydrogens is 344 g/mol. The van der Waals surface area contributed by atoms with Gasteiger partial charge in [0.2, 0.25) is 0 Å². The van der Waals surface area contributed by atoms with Crippen LogP contribution < -0.4 is 14.8 Å². The van der Waals surface area contributed by atoms with Crippen LogP contribution in [0.4, 0.5) is 0 Å². The first-order valence-electron chi connectivity index (χ1n) is 8.77. The van der Waals surface area contributed by atoms with Gasteiger partial charge in [-0.05, 0) is 43.3 Å². The largest absolute Gasteiger partial charge is 0.497 e. The number of carbonyl (C=O) groups excluding carboxylic acids is 1. The van der Waals surface area contributed by atoms with Crippen molar-refractivity contribution in [3.05, 3.63) is 59.9 Å². The van der Waals surface area contributed by atoms with Gasteiger partial charge in [-0.15, -0.1) is 0 Å². The molecule has 0 radical (unpaired) electrons. The number of H-pyrrole nitrogens is 1. The van der Waals surface area contributed by atoms with Crippen molar-refractivity contribution in [3.8, 4) is 22.9 Å². The number of nitrogens with one attached hydrogen (secondary N) is 2. The summed E-state index contributed by atoms with van der Waals surface area (Å²) in [5.41, 5.74) is 1.42. The van der Waals surface area contributed by atoms with Crippen LogP contribution in [0.2, 0.25) is 0 Å². The third-order valence-electron chi connectivity index (χ3n) is 3.96. The molecule has 3 rings (SSSR count). The summed E-state index contributed by atoms with van der Waals surface area (Å²) in [4.78, 5) is 16.8. The molecule has 2 aromatic carbocycles. The SMILES string of the molecule is CCOc1ccccc1C(=O)NCCc1nc(-c2ccc(OC)cc2)n[nH]1. The van der Waals surface area contributed by atoms with Crippen LogP contribution in [-0.2, 0) is 6.42 Å². The third kappa shape index (κ3) is 4.63. The molecule has 27 heavy (non-hydrogen) atoms. The average molecular weight is 366 g/mol. The highest BCUT2D eigenvalue weighted by Gasteiger charge is 2.12. The molecule has 140 valence electrons. The maximum Gasteiger partial charge on any atom is 0.255 e. The Hall–Kier alpha value is -3.35. The fraction of sp³-hybridized carbons (Fsp3) is 0.250. The van der Waals surface area contributed by atoms with Crippen LogP contribution in [0.25, 0.3) is 11.4 Å². The summed E-state index contributed by atoms with van der Waals surface area (Å²) >= 11 is 0. The summed E-state index contributed by atoms with van der Waals surface area (Å²) in [6, 6.07) is 14.7. The molecule has 0 saturated heterocycles. The highest BCUT2D eigenvalue weighted by atomic mass is 16.5. The Bertz CT molecular complexity index is 890. The molecule has 0 aliphatic heterocycles. The first kappa shape index (κ1) is 18.4. The van der Waals surface area contributed by atoms with Gasteiger partial charge in [0.1, 0.15) is 17.3 Å². The molecule has 1 heterocycles. The molecule has 0 saturated carbocycles. The van der Waals surface area contributed by atoms with E-state index in [2.05, 4.69) is 20.5 Å². The van der Waals surface area contributed by atoms with E-state index < -0.39 is 0 Å². The number of nitrogens with zero attached hydrogens (tertiary/aromatic N) is 2. The Morgan fingerprint density at radius 1 is 1.15 bits per heavy atom. The first-order chi connectivity index (χ1) is 13.2. The molecule has 1 amide bonds. The van der Waals surface area contributed by atoms with Crippen molar-refractivity contribution in [3.63, 3.8) is 0 Å². The van der Waals surface area contributed by atoms with Crippen molar-refractivity contribution >= 4 is 5.91 Å². The summed E-state index contributed by atoms with van der Waals surface area (Å²) in [5, 5.41) is 10.0. The van der Waals surface area contributed by atoms with E-state index in [1.54, 1.807) is 19.2 Å². The number of hydrogen-bond acceptors (Lipinski definition) is 5. The Balaban J connectivity index is 1.56. The van der Waals surface area contributed by atoms with Crippen molar-refractivity contribution in [1.82, 2.24) is 20.5 Å². The normalized spacial score (nSPS) is 10.4. The number of ether oxygens (including phenoxy) is 2. The fourth-order valence-corrected chi connectivity index (χ4v) is 2.60. The molecule has 1 aromatic heterocycles. The van der Waals surface area contributed by atoms with E-state index in [4.69, 9.17) is 9.47 Å². The monoisotopic (exact) mass is 366 g/mol. The molecule has 0 spiro atoms. The molecule has 0 aliphatic rings. The Labute approximate surface area is 157 Å². The summed E-state index contributed by atoms with van der Waals surface area (Å²) in [6.45, 7) is 2.84. The lowest BCUT2D eigenvalue weighted by Gasteiger charge is -2.09. The predicted octanol–water partition coefficient (Wildman–Crippen LogP) is 2.85. The molecule has 2 N–H and O–H groups in total. The summed E-state index contributed by atoms with van der Waals surface area (Å²) in [6.07, 6.45) is 0.547. The summed E-state index contributed by atoms with van der Waals surface area (Å²) in [5.74, 6) is 2.51. The molecule has 0 atom stereocenters. The second-order valence-electron chi connectivity index (χ2n) is 5.77. The lowest BCUT2D eigenvalue weighted by atomic mass is 10.2. The highest BCUT2D eigenvalue weighted by molar-refractivity contribution is 5.96. The molecular formula is C20H22N4O3. The van der Waals surface area contributed by atoms with Crippen molar-refractivity contribution in [2.75, 3.05) is 20.3 Å². The Kier molecular flexibility index (Phi) is 6.04. The van der Waals surface area contributed by atoms with Gasteiger partial charge in [0.05, 0.1) is 19.3 Å². The minimum atomic E-state index is -0.172. The second-order valence-corrected chi connectivity index (χ2v) is 5.77. The maximum atomic E-state index is 12.4. The molecule has 7 nitrogen and oxygen atoms in total. The number of methoxy groups -OCH3 is 1. The minimum absolute atomic E-state index is 0.172. The van der Waals surface area contributed by atoms with Crippen molar-refractivity contribution in [1.29, 1.82) is 0 Å². The van der Waals surface area contributed by atoms with Crippen LogP contribution in [0.1, 0.15) is 23.1 Å². The zero-order chi connectivity index (χ0) is 19.1. The van der Waals surface area contributed by atoms with Crippen LogP contribution in [0, 0.1) is 0 Å². The Morgan fingerprint density at radius 3 is 2.67 bits per heavy atom. The van der Waals surface area contributed by atoms with Gasteiger partial charge < -0.3 is 14.8 Å². The number of carbonyl (C=O) groups is 1. The minimum Gasteiger partial charge on any atom is -0.497 e. The number of amides is 1. The van der Waals surface area contributed by atoms with Gasteiger partial charge in [-0.3, -0.25) is 9.89 Å². The number of para-hydroxylation sites is 1. The van der Waals surface area contributed by atoms with Gasteiger partial charge >= 0.3 is 0 Å². The topological polar surface area (TPSA) is 89.1 Å². The van der Waals surface area contributed by atoms with Gasteiger partial charge in [-0.25, -0.2) is 4.98 Å². The molecule has 0 unspecified atom stereocenters. The number of aromatic nitrogens is 3. The fourth-order valence-electron chi connectivity index (χ4n) is 2.60. The molecule has 7 heteroatoms.